The van der Waals surface area contributed by atoms with Crippen molar-refractivity contribution >= 4 is 39.2 Å². The molecule has 3 rings (SSSR count). The molecule has 1 saturated heterocycles. The molecule has 1 atom stereocenters. The van der Waals surface area contributed by atoms with Gasteiger partial charge in [-0.1, -0.05) is 62.2 Å². The van der Waals surface area contributed by atoms with Crippen molar-refractivity contribution in [2.24, 2.45) is 0 Å². The molecule has 0 saturated carbocycles. The number of nitrogens with zero attached hydrogens (tertiary/aromatic N) is 1. The van der Waals surface area contributed by atoms with Gasteiger partial charge >= 0.3 is 0 Å². The lowest BCUT2D eigenvalue weighted by Crippen LogP contribution is -2.35. The highest BCUT2D eigenvalue weighted by molar-refractivity contribution is 7.85. The van der Waals surface area contributed by atoms with Crippen LogP contribution in [0.5, 0.6) is 0 Å². The van der Waals surface area contributed by atoms with Crippen molar-refractivity contribution < 1.29 is 17.4 Å². The van der Waals surface area contributed by atoms with Crippen LogP contribution in [-0.4, -0.2) is 45.2 Å². The molecule has 0 spiro atoms. The Morgan fingerprint density at radius 3 is 2.31 bits per heavy atom. The summed E-state index contributed by atoms with van der Waals surface area (Å²) in [5, 5.41) is 0.873. The summed E-state index contributed by atoms with van der Waals surface area (Å²) in [5.41, 5.74) is 2.26. The lowest BCUT2D eigenvalue weighted by atomic mass is 9.77. The van der Waals surface area contributed by atoms with Crippen molar-refractivity contribution in [2.75, 3.05) is 26.0 Å². The average molecular weight is 498 g/mol. The largest absolute Gasteiger partial charge is 0.338 e. The van der Waals surface area contributed by atoms with Gasteiger partial charge in [0.05, 0.1) is 22.9 Å². The van der Waals surface area contributed by atoms with Crippen molar-refractivity contribution in [3.63, 3.8) is 0 Å². The number of hydrogen-bond donors (Lipinski definition) is 0. The number of likely N-dealkylation sites (tertiary alicyclic amines) is 1. The van der Waals surface area contributed by atoms with E-state index >= 15 is 0 Å². The summed E-state index contributed by atoms with van der Waals surface area (Å²) >= 11 is 12.4. The average Bonchev–Trinajstić information content (AvgIpc) is 3.13. The second-order valence-corrected chi connectivity index (χ2v) is 11.9. The summed E-state index contributed by atoms with van der Waals surface area (Å²) in [6.45, 7) is 7.43. The molecule has 1 amide bonds. The van der Waals surface area contributed by atoms with Gasteiger partial charge in [-0.25, -0.2) is 0 Å². The van der Waals surface area contributed by atoms with Crippen LogP contribution in [0.1, 0.15) is 55.1 Å². The lowest BCUT2D eigenvalue weighted by Gasteiger charge is -2.30. The van der Waals surface area contributed by atoms with Gasteiger partial charge in [0.25, 0.3) is 16.0 Å². The highest BCUT2D eigenvalue weighted by Crippen LogP contribution is 2.40. The Morgan fingerprint density at radius 1 is 1.09 bits per heavy atom. The molecule has 1 fully saturated rings. The maximum absolute atomic E-state index is 13.2. The lowest BCUT2D eigenvalue weighted by molar-refractivity contribution is 0.0780. The fourth-order valence-corrected chi connectivity index (χ4v) is 4.82. The fourth-order valence-electron chi connectivity index (χ4n) is 4.14. The molecular formula is C24H29Cl2NO4S. The second-order valence-electron chi connectivity index (χ2n) is 9.49. The van der Waals surface area contributed by atoms with Crippen LogP contribution in [0.25, 0.3) is 0 Å². The Kier molecular flexibility index (Phi) is 7.30. The van der Waals surface area contributed by atoms with Gasteiger partial charge in [0.15, 0.2) is 0 Å². The minimum atomic E-state index is -3.56. The quantitative estimate of drug-likeness (QED) is 0.498. The molecule has 2 aromatic carbocycles. The number of halogens is 2. The van der Waals surface area contributed by atoms with Crippen LogP contribution >= 0.6 is 23.2 Å². The summed E-state index contributed by atoms with van der Waals surface area (Å²) in [7, 11) is -3.56. The monoisotopic (exact) mass is 497 g/mol. The first-order valence-corrected chi connectivity index (χ1v) is 13.1. The molecule has 0 radical (unpaired) electrons. The molecule has 32 heavy (non-hydrogen) atoms. The number of carbonyl (C=O) groups is 1. The first kappa shape index (κ1) is 25.0. The van der Waals surface area contributed by atoms with Gasteiger partial charge in [0.1, 0.15) is 0 Å². The van der Waals surface area contributed by atoms with E-state index in [0.717, 1.165) is 11.8 Å². The first-order chi connectivity index (χ1) is 14.8. The van der Waals surface area contributed by atoms with E-state index in [1.165, 1.54) is 5.56 Å². The standard InChI is InChI=1S/C24H29Cl2NO4S/c1-23(2,3)18-7-5-17(6-8-18)22(28)27-13-11-24(16-27,12-14-31-32(4,29)30)19-9-10-20(25)21(26)15-19/h5-10,15H,11-14,16H2,1-4H3. The number of amides is 1. The highest BCUT2D eigenvalue weighted by Gasteiger charge is 2.41. The van der Waals surface area contributed by atoms with E-state index in [-0.39, 0.29) is 17.9 Å². The first-order valence-electron chi connectivity index (χ1n) is 10.5. The zero-order valence-electron chi connectivity index (χ0n) is 18.8. The molecule has 1 aliphatic heterocycles. The van der Waals surface area contributed by atoms with Gasteiger partial charge in [-0.3, -0.25) is 8.98 Å². The Morgan fingerprint density at radius 2 is 1.75 bits per heavy atom. The van der Waals surface area contributed by atoms with E-state index in [1.54, 1.807) is 12.1 Å². The van der Waals surface area contributed by atoms with Gasteiger partial charge in [0, 0.05) is 24.1 Å². The Labute approximate surface area is 200 Å². The fraction of sp³-hybridized carbons (Fsp3) is 0.458. The SMILES string of the molecule is CC(C)(C)c1ccc(C(=O)N2CCC(CCOS(C)(=O)=O)(c3ccc(Cl)c(Cl)c3)C2)cc1. The molecular weight excluding hydrogens is 469 g/mol. The van der Waals surface area contributed by atoms with E-state index in [1.807, 2.05) is 35.2 Å². The van der Waals surface area contributed by atoms with Crippen LogP contribution in [0.4, 0.5) is 0 Å². The maximum Gasteiger partial charge on any atom is 0.264 e. The molecule has 0 N–H and O–H groups in total. The zero-order chi connectivity index (χ0) is 23.7. The predicted molar refractivity (Wildman–Crippen MR) is 129 cm³/mol. The molecule has 1 aliphatic rings. The molecule has 1 unspecified atom stereocenters. The Bertz CT molecular complexity index is 1090. The van der Waals surface area contributed by atoms with E-state index in [2.05, 4.69) is 20.8 Å². The molecule has 5 nitrogen and oxygen atoms in total. The minimum absolute atomic E-state index is 0.0117. The third kappa shape index (κ3) is 5.84. The molecule has 8 heteroatoms. The van der Waals surface area contributed by atoms with Crippen molar-refractivity contribution in [2.45, 2.75) is 44.4 Å². The van der Waals surface area contributed by atoms with Gasteiger partial charge in [0.2, 0.25) is 0 Å². The molecule has 0 bridgehead atoms. The molecule has 174 valence electrons. The van der Waals surface area contributed by atoms with Crippen LogP contribution in [0.2, 0.25) is 10.0 Å². The second kappa shape index (κ2) is 9.34. The van der Waals surface area contributed by atoms with Crippen LogP contribution in [0.3, 0.4) is 0 Å². The minimum Gasteiger partial charge on any atom is -0.338 e. The summed E-state index contributed by atoms with van der Waals surface area (Å²) in [6, 6.07) is 13.2. The summed E-state index contributed by atoms with van der Waals surface area (Å²) in [5.74, 6) is -0.0450. The van der Waals surface area contributed by atoms with Gasteiger partial charge in [-0.05, 0) is 53.6 Å². The Hall–Kier alpha value is -1.60. The smallest absolute Gasteiger partial charge is 0.264 e. The van der Waals surface area contributed by atoms with Crippen LogP contribution < -0.4 is 0 Å². The molecule has 1 heterocycles. The van der Waals surface area contributed by atoms with Gasteiger partial charge in [-0.15, -0.1) is 0 Å². The summed E-state index contributed by atoms with van der Waals surface area (Å²) < 4.78 is 28.0. The number of carbonyl (C=O) groups excluding carboxylic acids is 1. The molecule has 0 aromatic heterocycles. The van der Waals surface area contributed by atoms with E-state index < -0.39 is 15.5 Å². The zero-order valence-corrected chi connectivity index (χ0v) is 21.1. The number of benzene rings is 2. The van der Waals surface area contributed by atoms with Crippen molar-refractivity contribution in [1.29, 1.82) is 0 Å². The van der Waals surface area contributed by atoms with E-state index in [0.29, 0.717) is 41.5 Å². The normalized spacial score (nSPS) is 19.4. The Balaban J connectivity index is 1.85. The van der Waals surface area contributed by atoms with Gasteiger partial charge in [-0.2, -0.15) is 8.42 Å². The van der Waals surface area contributed by atoms with Crippen molar-refractivity contribution in [3.05, 3.63) is 69.2 Å². The summed E-state index contributed by atoms with van der Waals surface area (Å²) in [4.78, 5) is 15.0. The van der Waals surface area contributed by atoms with Crippen molar-refractivity contribution in [1.82, 2.24) is 4.90 Å². The third-order valence-corrected chi connectivity index (χ3v) is 7.38. The number of rotatable bonds is 6. The van der Waals surface area contributed by atoms with Crippen LogP contribution in [0.15, 0.2) is 42.5 Å². The third-order valence-electron chi connectivity index (χ3n) is 6.05. The van der Waals surface area contributed by atoms with Crippen LogP contribution in [0, 0.1) is 0 Å². The highest BCUT2D eigenvalue weighted by atomic mass is 35.5. The predicted octanol–water partition coefficient (Wildman–Crippen LogP) is 5.44. The van der Waals surface area contributed by atoms with E-state index in [4.69, 9.17) is 27.4 Å². The maximum atomic E-state index is 13.2. The number of hydrogen-bond acceptors (Lipinski definition) is 4. The van der Waals surface area contributed by atoms with Crippen molar-refractivity contribution in [3.8, 4) is 0 Å². The van der Waals surface area contributed by atoms with Crippen LogP contribution in [-0.2, 0) is 25.1 Å². The van der Waals surface area contributed by atoms with Gasteiger partial charge < -0.3 is 4.90 Å². The van der Waals surface area contributed by atoms with E-state index in [9.17, 15) is 13.2 Å². The molecule has 0 aliphatic carbocycles. The molecule has 2 aromatic rings. The summed E-state index contributed by atoms with van der Waals surface area (Å²) in [6.07, 6.45) is 2.14. The topological polar surface area (TPSA) is 63.7 Å².